The molecule has 0 bridgehead atoms. The largest absolute Gasteiger partial charge is 0.354 e. The number of urea groups is 1. The Hall–Kier alpha value is -2.08. The summed E-state index contributed by atoms with van der Waals surface area (Å²) in [6.07, 6.45) is 5.89. The van der Waals surface area contributed by atoms with Crippen LogP contribution in [-0.2, 0) is 15.1 Å². The van der Waals surface area contributed by atoms with Crippen LogP contribution in [-0.4, -0.2) is 35.8 Å². The van der Waals surface area contributed by atoms with Crippen LogP contribution >= 0.6 is 11.6 Å². The third kappa shape index (κ3) is 3.70. The molecule has 1 aromatic rings. The first-order valence-electron chi connectivity index (χ1n) is 9.07. The van der Waals surface area contributed by atoms with E-state index in [1.807, 2.05) is 0 Å². The topological polar surface area (TPSA) is 78.5 Å². The van der Waals surface area contributed by atoms with Gasteiger partial charge in [0.1, 0.15) is 12.1 Å². The number of amides is 4. The summed E-state index contributed by atoms with van der Waals surface area (Å²) < 4.78 is 0. The molecule has 6 nitrogen and oxygen atoms in total. The zero-order valence-corrected chi connectivity index (χ0v) is 15.6. The molecular formula is C19H24ClN3O3. The monoisotopic (exact) mass is 377 g/mol. The molecule has 4 amide bonds. The summed E-state index contributed by atoms with van der Waals surface area (Å²) in [5, 5.41) is 5.93. The zero-order chi connectivity index (χ0) is 18.7. The fraction of sp³-hybridized carbons (Fsp3) is 0.526. The maximum atomic E-state index is 12.8. The fourth-order valence-electron chi connectivity index (χ4n) is 3.74. The SMILES string of the molecule is C[C@]1(c2ccccc2Cl)NC(=O)N(CC(=O)NCC2CCCCC2)C1=O. The van der Waals surface area contributed by atoms with Crippen molar-refractivity contribution in [2.75, 3.05) is 13.1 Å². The van der Waals surface area contributed by atoms with Crippen molar-refractivity contribution in [2.24, 2.45) is 5.92 Å². The van der Waals surface area contributed by atoms with Crippen molar-refractivity contribution in [1.82, 2.24) is 15.5 Å². The molecule has 1 aliphatic heterocycles. The highest BCUT2D eigenvalue weighted by Crippen LogP contribution is 2.33. The highest BCUT2D eigenvalue weighted by molar-refractivity contribution is 6.32. The molecule has 1 aliphatic carbocycles. The van der Waals surface area contributed by atoms with Gasteiger partial charge in [-0.15, -0.1) is 0 Å². The molecule has 26 heavy (non-hydrogen) atoms. The summed E-state index contributed by atoms with van der Waals surface area (Å²) in [7, 11) is 0. The Bertz CT molecular complexity index is 718. The number of hydrogen-bond donors (Lipinski definition) is 2. The number of carbonyl (C=O) groups is 3. The number of benzene rings is 1. The molecule has 0 spiro atoms. The van der Waals surface area contributed by atoms with Gasteiger partial charge in [-0.1, -0.05) is 49.1 Å². The number of hydrogen-bond acceptors (Lipinski definition) is 3. The van der Waals surface area contributed by atoms with Gasteiger partial charge in [0.2, 0.25) is 5.91 Å². The summed E-state index contributed by atoms with van der Waals surface area (Å²) in [4.78, 5) is 38.3. The van der Waals surface area contributed by atoms with Crippen molar-refractivity contribution >= 4 is 29.4 Å². The average Bonchev–Trinajstić information content (AvgIpc) is 2.85. The smallest absolute Gasteiger partial charge is 0.325 e. The van der Waals surface area contributed by atoms with E-state index in [0.29, 0.717) is 23.0 Å². The number of nitrogens with one attached hydrogen (secondary N) is 2. The van der Waals surface area contributed by atoms with Gasteiger partial charge in [-0.3, -0.25) is 14.5 Å². The zero-order valence-electron chi connectivity index (χ0n) is 14.9. The minimum Gasteiger partial charge on any atom is -0.354 e. The lowest BCUT2D eigenvalue weighted by Gasteiger charge is -2.24. The summed E-state index contributed by atoms with van der Waals surface area (Å²) in [5.74, 6) is -0.296. The molecule has 0 unspecified atom stereocenters. The van der Waals surface area contributed by atoms with Gasteiger partial charge in [0, 0.05) is 17.1 Å². The van der Waals surface area contributed by atoms with Gasteiger partial charge in [-0.25, -0.2) is 4.79 Å². The van der Waals surface area contributed by atoms with Crippen LogP contribution in [0.1, 0.15) is 44.6 Å². The molecule has 1 saturated heterocycles. The Labute approximate surface area is 158 Å². The molecule has 140 valence electrons. The average molecular weight is 378 g/mol. The van der Waals surface area contributed by atoms with E-state index < -0.39 is 17.5 Å². The second-order valence-corrected chi connectivity index (χ2v) is 7.64. The second-order valence-electron chi connectivity index (χ2n) is 7.23. The molecule has 0 aromatic heterocycles. The second kappa shape index (κ2) is 7.66. The van der Waals surface area contributed by atoms with Gasteiger partial charge < -0.3 is 10.6 Å². The van der Waals surface area contributed by atoms with E-state index in [1.54, 1.807) is 31.2 Å². The van der Waals surface area contributed by atoms with Crippen molar-refractivity contribution in [3.05, 3.63) is 34.9 Å². The summed E-state index contributed by atoms with van der Waals surface area (Å²) >= 11 is 6.19. The first kappa shape index (κ1) is 18.7. The van der Waals surface area contributed by atoms with Crippen LogP contribution in [0.15, 0.2) is 24.3 Å². The van der Waals surface area contributed by atoms with E-state index in [4.69, 9.17) is 11.6 Å². The fourth-order valence-corrected chi connectivity index (χ4v) is 4.06. The van der Waals surface area contributed by atoms with Gasteiger partial charge in [0.05, 0.1) is 0 Å². The molecule has 1 aromatic carbocycles. The first-order chi connectivity index (χ1) is 12.4. The minimum absolute atomic E-state index is 0.280. The highest BCUT2D eigenvalue weighted by Gasteiger charge is 2.50. The van der Waals surface area contributed by atoms with Gasteiger partial charge in [-0.05, 0) is 31.7 Å². The Morgan fingerprint density at radius 3 is 2.65 bits per heavy atom. The van der Waals surface area contributed by atoms with Gasteiger partial charge in [0.15, 0.2) is 0 Å². The Kier molecular flexibility index (Phi) is 5.51. The number of rotatable bonds is 5. The maximum absolute atomic E-state index is 12.8. The standard InChI is InChI=1S/C19H24ClN3O3/c1-19(14-9-5-6-10-15(14)20)17(25)23(18(26)22-19)12-16(24)21-11-13-7-3-2-4-8-13/h5-6,9-10,13H,2-4,7-8,11-12H2,1H3,(H,21,24)(H,22,26)/t19-/m1/s1. The van der Waals surface area contributed by atoms with Crippen LogP contribution < -0.4 is 10.6 Å². The van der Waals surface area contributed by atoms with E-state index >= 15 is 0 Å². The molecule has 2 N–H and O–H groups in total. The van der Waals surface area contributed by atoms with Crippen LogP contribution in [0.3, 0.4) is 0 Å². The van der Waals surface area contributed by atoms with E-state index in [2.05, 4.69) is 10.6 Å². The van der Waals surface area contributed by atoms with Crippen LogP contribution in [0.2, 0.25) is 5.02 Å². The molecule has 1 atom stereocenters. The summed E-state index contributed by atoms with van der Waals surface area (Å²) in [6, 6.07) is 6.30. The Morgan fingerprint density at radius 2 is 1.96 bits per heavy atom. The van der Waals surface area contributed by atoms with E-state index in [9.17, 15) is 14.4 Å². The van der Waals surface area contributed by atoms with E-state index in [1.165, 1.54) is 19.3 Å². The molecule has 0 radical (unpaired) electrons. The molecule has 2 aliphatic rings. The van der Waals surface area contributed by atoms with Crippen molar-refractivity contribution in [3.63, 3.8) is 0 Å². The van der Waals surface area contributed by atoms with Crippen molar-refractivity contribution in [3.8, 4) is 0 Å². The number of imide groups is 1. The highest BCUT2D eigenvalue weighted by atomic mass is 35.5. The third-order valence-corrected chi connectivity index (χ3v) is 5.63. The normalized spacial score (nSPS) is 23.8. The first-order valence-corrected chi connectivity index (χ1v) is 9.45. The van der Waals surface area contributed by atoms with Crippen LogP contribution in [0, 0.1) is 5.92 Å². The maximum Gasteiger partial charge on any atom is 0.325 e. The molecule has 7 heteroatoms. The van der Waals surface area contributed by atoms with Crippen molar-refractivity contribution in [1.29, 1.82) is 0 Å². The lowest BCUT2D eigenvalue weighted by molar-refractivity contribution is -0.134. The molecule has 3 rings (SSSR count). The van der Waals surface area contributed by atoms with Gasteiger partial charge in [0.25, 0.3) is 5.91 Å². The Morgan fingerprint density at radius 1 is 1.27 bits per heavy atom. The predicted molar refractivity (Wildman–Crippen MR) is 98.6 cm³/mol. The van der Waals surface area contributed by atoms with E-state index in [-0.39, 0.29) is 12.5 Å². The lowest BCUT2D eigenvalue weighted by atomic mass is 9.89. The van der Waals surface area contributed by atoms with Gasteiger partial charge >= 0.3 is 6.03 Å². The van der Waals surface area contributed by atoms with Crippen molar-refractivity contribution < 1.29 is 14.4 Å². The molecule has 2 fully saturated rings. The third-order valence-electron chi connectivity index (χ3n) is 5.30. The number of halogens is 1. The molecular weight excluding hydrogens is 354 g/mol. The number of carbonyl (C=O) groups excluding carboxylic acids is 3. The molecule has 1 heterocycles. The lowest BCUT2D eigenvalue weighted by Crippen LogP contribution is -2.44. The quantitative estimate of drug-likeness (QED) is 0.774. The molecule has 1 saturated carbocycles. The summed E-state index contributed by atoms with van der Waals surface area (Å²) in [5.41, 5.74) is -0.746. The van der Waals surface area contributed by atoms with Crippen LogP contribution in [0.25, 0.3) is 0 Å². The summed E-state index contributed by atoms with van der Waals surface area (Å²) in [6.45, 7) is 1.93. The minimum atomic E-state index is -1.26. The predicted octanol–water partition coefficient (Wildman–Crippen LogP) is 2.80. The van der Waals surface area contributed by atoms with Crippen LogP contribution in [0.4, 0.5) is 4.79 Å². The van der Waals surface area contributed by atoms with Crippen LogP contribution in [0.5, 0.6) is 0 Å². The van der Waals surface area contributed by atoms with Crippen molar-refractivity contribution in [2.45, 2.75) is 44.6 Å². The Balaban J connectivity index is 1.63. The van der Waals surface area contributed by atoms with Gasteiger partial charge in [-0.2, -0.15) is 0 Å². The van der Waals surface area contributed by atoms with E-state index in [0.717, 1.165) is 17.7 Å². The number of nitrogens with zero attached hydrogens (tertiary/aromatic N) is 1.